The molecule has 7 nitrogen and oxygen atoms in total. The van der Waals surface area contributed by atoms with Crippen LogP contribution in [0.3, 0.4) is 0 Å². The van der Waals surface area contributed by atoms with Gasteiger partial charge in [-0.05, 0) is 44.0 Å². The monoisotopic (exact) mass is 382 g/mol. The molecule has 0 spiro atoms. The normalized spacial score (nSPS) is 14.0. The van der Waals surface area contributed by atoms with Gasteiger partial charge in [0.25, 0.3) is 5.91 Å². The van der Waals surface area contributed by atoms with Crippen LogP contribution in [0.15, 0.2) is 36.5 Å². The molecule has 1 saturated heterocycles. The zero-order valence-corrected chi connectivity index (χ0v) is 16.6. The van der Waals surface area contributed by atoms with E-state index in [1.807, 2.05) is 32.0 Å². The number of carbonyl (C=O) groups is 2. The first-order valence-corrected chi connectivity index (χ1v) is 9.50. The second kappa shape index (κ2) is 8.73. The number of pyridine rings is 1. The molecule has 3 rings (SSSR count). The number of ether oxygens (including phenoxy) is 1. The van der Waals surface area contributed by atoms with Gasteiger partial charge in [-0.2, -0.15) is 0 Å². The van der Waals surface area contributed by atoms with Crippen LogP contribution in [0.25, 0.3) is 0 Å². The number of hydrogen-bond acceptors (Lipinski definition) is 5. The van der Waals surface area contributed by atoms with Crippen LogP contribution < -0.4 is 5.32 Å². The molecule has 2 aromatic rings. The Hall–Kier alpha value is -3.09. The number of para-hydroxylation sites is 1. The van der Waals surface area contributed by atoms with Gasteiger partial charge in [-0.3, -0.25) is 4.79 Å². The molecule has 2 amide bonds. The van der Waals surface area contributed by atoms with E-state index < -0.39 is 0 Å². The molecule has 7 heteroatoms. The van der Waals surface area contributed by atoms with E-state index in [4.69, 9.17) is 4.74 Å². The fourth-order valence-electron chi connectivity index (χ4n) is 3.26. The van der Waals surface area contributed by atoms with Crippen molar-refractivity contribution in [2.24, 2.45) is 0 Å². The number of aryl methyl sites for hydroxylation is 2. The van der Waals surface area contributed by atoms with Crippen LogP contribution in [0.1, 0.15) is 28.4 Å². The molecule has 1 aromatic carbocycles. The maximum Gasteiger partial charge on any atom is 0.409 e. The lowest BCUT2D eigenvalue weighted by Crippen LogP contribution is -2.50. The Kier molecular flexibility index (Phi) is 6.13. The van der Waals surface area contributed by atoms with Gasteiger partial charge in [0.15, 0.2) is 0 Å². The highest BCUT2D eigenvalue weighted by atomic mass is 16.6. The summed E-state index contributed by atoms with van der Waals surface area (Å²) in [5, 5.41) is 3.32. The van der Waals surface area contributed by atoms with Crippen LogP contribution in [-0.4, -0.2) is 59.6 Å². The summed E-state index contributed by atoms with van der Waals surface area (Å²) in [7, 11) is 0. The van der Waals surface area contributed by atoms with E-state index in [2.05, 4.69) is 10.3 Å². The molecule has 148 valence electrons. The summed E-state index contributed by atoms with van der Waals surface area (Å²) in [5.74, 6) is 0.573. The summed E-state index contributed by atoms with van der Waals surface area (Å²) in [6.07, 6.45) is 1.32. The van der Waals surface area contributed by atoms with Gasteiger partial charge in [-0.15, -0.1) is 0 Å². The molecule has 1 N–H and O–H groups in total. The van der Waals surface area contributed by atoms with Crippen molar-refractivity contribution >= 4 is 23.5 Å². The van der Waals surface area contributed by atoms with Crippen molar-refractivity contribution in [3.63, 3.8) is 0 Å². The van der Waals surface area contributed by atoms with Gasteiger partial charge in [0.1, 0.15) is 5.82 Å². The molecule has 0 bridgehead atoms. The lowest BCUT2D eigenvalue weighted by Gasteiger charge is -2.34. The molecule has 1 aliphatic rings. The highest BCUT2D eigenvalue weighted by molar-refractivity contribution is 5.95. The fraction of sp³-hybridized carbons (Fsp3) is 0.381. The SMILES string of the molecule is CCOC(=O)N1CCN(C(=O)c2ccnc(Nc3c(C)cccc3C)c2)CC1. The maximum atomic E-state index is 12.9. The average Bonchev–Trinajstić information content (AvgIpc) is 2.71. The van der Waals surface area contributed by atoms with Gasteiger partial charge >= 0.3 is 6.09 Å². The zero-order valence-electron chi connectivity index (χ0n) is 16.6. The van der Waals surface area contributed by atoms with Crippen molar-refractivity contribution in [3.05, 3.63) is 53.2 Å². The number of nitrogens with zero attached hydrogens (tertiary/aromatic N) is 3. The molecule has 0 aliphatic carbocycles. The fourth-order valence-corrected chi connectivity index (χ4v) is 3.26. The first-order chi connectivity index (χ1) is 13.5. The van der Waals surface area contributed by atoms with Crippen molar-refractivity contribution in [2.45, 2.75) is 20.8 Å². The third kappa shape index (κ3) is 4.42. The second-order valence-electron chi connectivity index (χ2n) is 6.80. The summed E-state index contributed by atoms with van der Waals surface area (Å²) in [6, 6.07) is 9.57. The zero-order chi connectivity index (χ0) is 20.1. The predicted octanol–water partition coefficient (Wildman–Crippen LogP) is 3.36. The van der Waals surface area contributed by atoms with E-state index in [-0.39, 0.29) is 12.0 Å². The van der Waals surface area contributed by atoms with E-state index in [9.17, 15) is 9.59 Å². The summed E-state index contributed by atoms with van der Waals surface area (Å²) in [5.41, 5.74) is 3.82. The Morgan fingerprint density at radius 1 is 1.07 bits per heavy atom. The number of aromatic nitrogens is 1. The van der Waals surface area contributed by atoms with Crippen molar-refractivity contribution < 1.29 is 14.3 Å². The van der Waals surface area contributed by atoms with E-state index in [0.29, 0.717) is 44.2 Å². The van der Waals surface area contributed by atoms with Crippen LogP contribution >= 0.6 is 0 Å². The number of piperazine rings is 1. The lowest BCUT2D eigenvalue weighted by atomic mass is 10.1. The number of benzene rings is 1. The Morgan fingerprint density at radius 3 is 2.36 bits per heavy atom. The van der Waals surface area contributed by atoms with Crippen LogP contribution in [0, 0.1) is 13.8 Å². The first kappa shape index (κ1) is 19.7. The van der Waals surface area contributed by atoms with Crippen molar-refractivity contribution in [1.82, 2.24) is 14.8 Å². The minimum absolute atomic E-state index is 0.0598. The van der Waals surface area contributed by atoms with E-state index in [1.54, 1.807) is 35.1 Å². The van der Waals surface area contributed by atoms with Gasteiger partial charge in [0, 0.05) is 43.6 Å². The third-order valence-corrected chi connectivity index (χ3v) is 4.83. The molecule has 0 atom stereocenters. The van der Waals surface area contributed by atoms with Crippen molar-refractivity contribution in [1.29, 1.82) is 0 Å². The molecule has 0 radical (unpaired) electrons. The molecule has 1 aromatic heterocycles. The molecule has 0 unspecified atom stereocenters. The van der Waals surface area contributed by atoms with E-state index >= 15 is 0 Å². The van der Waals surface area contributed by atoms with Gasteiger partial charge in [0.05, 0.1) is 6.61 Å². The molecular formula is C21H26N4O3. The average molecular weight is 382 g/mol. The van der Waals surface area contributed by atoms with Gasteiger partial charge in [-0.25, -0.2) is 9.78 Å². The van der Waals surface area contributed by atoms with Gasteiger partial charge in [0.2, 0.25) is 0 Å². The molecule has 1 aliphatic heterocycles. The molecule has 28 heavy (non-hydrogen) atoms. The quantitative estimate of drug-likeness (QED) is 0.878. The topological polar surface area (TPSA) is 74.8 Å². The summed E-state index contributed by atoms with van der Waals surface area (Å²) in [6.45, 7) is 8.13. The smallest absolute Gasteiger partial charge is 0.409 e. The van der Waals surface area contributed by atoms with Gasteiger partial charge in [-0.1, -0.05) is 18.2 Å². The molecule has 2 heterocycles. The maximum absolute atomic E-state index is 12.9. The summed E-state index contributed by atoms with van der Waals surface area (Å²) in [4.78, 5) is 32.4. The molecular weight excluding hydrogens is 356 g/mol. The number of carbonyl (C=O) groups excluding carboxylic acids is 2. The standard InChI is InChI=1S/C21H26N4O3/c1-4-28-21(27)25-12-10-24(11-13-25)20(26)17-8-9-22-18(14-17)23-19-15(2)6-5-7-16(19)3/h5-9,14H,4,10-13H2,1-3H3,(H,22,23). The highest BCUT2D eigenvalue weighted by Crippen LogP contribution is 2.24. The summed E-state index contributed by atoms with van der Waals surface area (Å²) >= 11 is 0. The number of rotatable bonds is 4. The predicted molar refractivity (Wildman–Crippen MR) is 108 cm³/mol. The van der Waals surface area contributed by atoms with E-state index in [1.165, 1.54) is 0 Å². The van der Waals surface area contributed by atoms with Crippen LogP contribution in [0.2, 0.25) is 0 Å². The number of anilines is 2. The van der Waals surface area contributed by atoms with Crippen molar-refractivity contribution in [3.8, 4) is 0 Å². The largest absolute Gasteiger partial charge is 0.450 e. The van der Waals surface area contributed by atoms with Crippen LogP contribution in [-0.2, 0) is 4.74 Å². The number of nitrogens with one attached hydrogen (secondary N) is 1. The van der Waals surface area contributed by atoms with Crippen LogP contribution in [0.4, 0.5) is 16.3 Å². The van der Waals surface area contributed by atoms with Crippen LogP contribution in [0.5, 0.6) is 0 Å². The summed E-state index contributed by atoms with van der Waals surface area (Å²) < 4.78 is 5.02. The van der Waals surface area contributed by atoms with E-state index in [0.717, 1.165) is 16.8 Å². The lowest BCUT2D eigenvalue weighted by molar-refractivity contribution is 0.0570. The second-order valence-corrected chi connectivity index (χ2v) is 6.80. The Labute approximate surface area is 165 Å². The first-order valence-electron chi connectivity index (χ1n) is 9.50. The molecule has 1 fully saturated rings. The third-order valence-electron chi connectivity index (χ3n) is 4.83. The Bertz CT molecular complexity index is 840. The minimum atomic E-state index is -0.321. The highest BCUT2D eigenvalue weighted by Gasteiger charge is 2.25. The number of amides is 2. The minimum Gasteiger partial charge on any atom is -0.450 e. The van der Waals surface area contributed by atoms with Gasteiger partial charge < -0.3 is 19.9 Å². The molecule has 0 saturated carbocycles. The van der Waals surface area contributed by atoms with Crippen molar-refractivity contribution in [2.75, 3.05) is 38.1 Å². The Morgan fingerprint density at radius 2 is 1.71 bits per heavy atom. The number of hydrogen-bond donors (Lipinski definition) is 1. The Balaban J connectivity index is 1.67.